The molecule has 0 saturated carbocycles. The van der Waals surface area contributed by atoms with Crippen molar-refractivity contribution in [2.45, 2.75) is 6.10 Å². The van der Waals surface area contributed by atoms with E-state index in [9.17, 15) is 9.90 Å². The molecule has 14 heavy (non-hydrogen) atoms. The highest BCUT2D eigenvalue weighted by atomic mass is 16.3. The lowest BCUT2D eigenvalue weighted by Gasteiger charge is -2.05. The summed E-state index contributed by atoms with van der Waals surface area (Å²) in [6.07, 6.45) is -0.00467. The SMILES string of the molecule is NC(=O)C(O)c1ccc2ncoc2c1. The fourth-order valence-corrected chi connectivity index (χ4v) is 1.21. The molecule has 1 atom stereocenters. The molecule has 1 unspecified atom stereocenters. The fourth-order valence-electron chi connectivity index (χ4n) is 1.21. The Labute approximate surface area is 79.2 Å². The highest BCUT2D eigenvalue weighted by Gasteiger charge is 2.14. The van der Waals surface area contributed by atoms with Gasteiger partial charge in [-0.15, -0.1) is 0 Å². The molecular weight excluding hydrogens is 184 g/mol. The number of fused-ring (bicyclic) bond motifs is 1. The minimum atomic E-state index is -1.30. The standard InChI is InChI=1S/C9H8N2O3/c10-9(13)8(12)5-1-2-6-7(3-5)14-4-11-6/h1-4,8,12H,(H2,10,13). The number of carbonyl (C=O) groups is 1. The van der Waals surface area contributed by atoms with Crippen LogP contribution in [0.2, 0.25) is 0 Å². The zero-order valence-corrected chi connectivity index (χ0v) is 7.18. The molecule has 0 fully saturated rings. The van der Waals surface area contributed by atoms with E-state index in [-0.39, 0.29) is 0 Å². The molecule has 1 amide bonds. The largest absolute Gasteiger partial charge is 0.443 e. The smallest absolute Gasteiger partial charge is 0.250 e. The third kappa shape index (κ3) is 1.33. The molecule has 0 saturated heterocycles. The Morgan fingerprint density at radius 3 is 3.07 bits per heavy atom. The van der Waals surface area contributed by atoms with Gasteiger partial charge in [0, 0.05) is 0 Å². The number of nitrogens with zero attached hydrogens (tertiary/aromatic N) is 1. The number of amides is 1. The molecule has 0 radical (unpaired) electrons. The molecule has 2 aromatic rings. The van der Waals surface area contributed by atoms with Crippen molar-refractivity contribution >= 4 is 17.0 Å². The van der Waals surface area contributed by atoms with E-state index < -0.39 is 12.0 Å². The van der Waals surface area contributed by atoms with Crippen LogP contribution in [0.1, 0.15) is 11.7 Å². The fraction of sp³-hybridized carbons (Fsp3) is 0.111. The number of primary amides is 1. The summed E-state index contributed by atoms with van der Waals surface area (Å²) < 4.78 is 5.01. The summed E-state index contributed by atoms with van der Waals surface area (Å²) in [7, 11) is 0. The van der Waals surface area contributed by atoms with Crippen molar-refractivity contribution < 1.29 is 14.3 Å². The molecule has 0 bridgehead atoms. The Bertz CT molecular complexity index is 478. The Morgan fingerprint density at radius 1 is 1.57 bits per heavy atom. The van der Waals surface area contributed by atoms with Gasteiger partial charge in [-0.1, -0.05) is 6.07 Å². The van der Waals surface area contributed by atoms with Gasteiger partial charge in [-0.2, -0.15) is 0 Å². The molecule has 1 aromatic heterocycles. The van der Waals surface area contributed by atoms with E-state index in [2.05, 4.69) is 4.98 Å². The van der Waals surface area contributed by atoms with Crippen LogP contribution in [0.25, 0.3) is 11.1 Å². The van der Waals surface area contributed by atoms with Crippen molar-refractivity contribution in [1.82, 2.24) is 4.98 Å². The summed E-state index contributed by atoms with van der Waals surface area (Å²) in [5.74, 6) is -0.788. The number of carbonyl (C=O) groups excluding carboxylic acids is 1. The second-order valence-electron chi connectivity index (χ2n) is 2.88. The number of nitrogens with two attached hydrogens (primary N) is 1. The van der Waals surface area contributed by atoms with Crippen molar-refractivity contribution in [3.05, 3.63) is 30.2 Å². The van der Waals surface area contributed by atoms with Crippen molar-refractivity contribution in [2.75, 3.05) is 0 Å². The summed E-state index contributed by atoms with van der Waals surface area (Å²) in [6, 6.07) is 4.78. The van der Waals surface area contributed by atoms with Gasteiger partial charge >= 0.3 is 0 Å². The van der Waals surface area contributed by atoms with Crippen LogP contribution < -0.4 is 5.73 Å². The first kappa shape index (κ1) is 8.71. The van der Waals surface area contributed by atoms with Crippen molar-refractivity contribution in [3.8, 4) is 0 Å². The minimum Gasteiger partial charge on any atom is -0.443 e. The summed E-state index contributed by atoms with van der Waals surface area (Å²) >= 11 is 0. The molecule has 3 N–H and O–H groups in total. The van der Waals surface area contributed by atoms with Crippen LogP contribution in [0.4, 0.5) is 0 Å². The first-order valence-electron chi connectivity index (χ1n) is 3.99. The van der Waals surface area contributed by atoms with E-state index in [1.165, 1.54) is 12.5 Å². The Balaban J connectivity index is 2.48. The molecule has 72 valence electrons. The van der Waals surface area contributed by atoms with E-state index in [1.807, 2.05) is 0 Å². The number of oxazole rings is 1. The van der Waals surface area contributed by atoms with Crippen molar-refractivity contribution in [3.63, 3.8) is 0 Å². The quantitative estimate of drug-likeness (QED) is 0.718. The van der Waals surface area contributed by atoms with Crippen molar-refractivity contribution in [1.29, 1.82) is 0 Å². The lowest BCUT2D eigenvalue weighted by atomic mass is 10.1. The molecule has 2 rings (SSSR count). The summed E-state index contributed by atoms with van der Waals surface area (Å²) in [5, 5.41) is 9.36. The molecule has 0 spiro atoms. The second-order valence-corrected chi connectivity index (χ2v) is 2.88. The molecule has 0 aliphatic carbocycles. The monoisotopic (exact) mass is 192 g/mol. The average molecular weight is 192 g/mol. The third-order valence-electron chi connectivity index (χ3n) is 1.94. The number of aromatic nitrogens is 1. The van der Waals surface area contributed by atoms with Gasteiger partial charge in [0.25, 0.3) is 5.91 Å². The van der Waals surface area contributed by atoms with Gasteiger partial charge in [0.1, 0.15) is 5.52 Å². The Kier molecular flexibility index (Phi) is 1.94. The van der Waals surface area contributed by atoms with Gasteiger partial charge in [-0.3, -0.25) is 4.79 Å². The van der Waals surface area contributed by atoms with Crippen LogP contribution in [-0.2, 0) is 4.79 Å². The predicted octanol–water partition coefficient (Wildman–Crippen LogP) is 0.346. The first-order valence-corrected chi connectivity index (χ1v) is 3.99. The molecular formula is C9H8N2O3. The average Bonchev–Trinajstić information content (AvgIpc) is 2.62. The molecule has 5 heteroatoms. The Hall–Kier alpha value is -1.88. The number of aliphatic hydroxyl groups excluding tert-OH is 1. The normalized spacial score (nSPS) is 12.9. The molecule has 1 heterocycles. The maximum atomic E-state index is 10.7. The van der Waals surface area contributed by atoms with E-state index in [4.69, 9.17) is 10.2 Å². The zero-order valence-electron chi connectivity index (χ0n) is 7.18. The zero-order chi connectivity index (χ0) is 10.1. The summed E-state index contributed by atoms with van der Waals surface area (Å²) in [4.78, 5) is 14.6. The summed E-state index contributed by atoms with van der Waals surface area (Å²) in [6.45, 7) is 0. The third-order valence-corrected chi connectivity index (χ3v) is 1.94. The molecule has 5 nitrogen and oxygen atoms in total. The van der Waals surface area contributed by atoms with Gasteiger partial charge in [-0.05, 0) is 17.7 Å². The van der Waals surface area contributed by atoms with Gasteiger partial charge in [0.2, 0.25) is 0 Å². The van der Waals surface area contributed by atoms with Gasteiger partial charge in [0.05, 0.1) is 0 Å². The number of aliphatic hydroxyl groups is 1. The highest BCUT2D eigenvalue weighted by molar-refractivity contribution is 5.82. The molecule has 0 aliphatic rings. The predicted molar refractivity (Wildman–Crippen MR) is 48.2 cm³/mol. The van der Waals surface area contributed by atoms with Crippen LogP contribution in [0.5, 0.6) is 0 Å². The Morgan fingerprint density at radius 2 is 2.36 bits per heavy atom. The van der Waals surface area contributed by atoms with E-state index in [0.717, 1.165) is 0 Å². The minimum absolute atomic E-state index is 0.404. The number of benzene rings is 1. The number of hydrogen-bond acceptors (Lipinski definition) is 4. The maximum absolute atomic E-state index is 10.7. The van der Waals surface area contributed by atoms with Gasteiger partial charge in [-0.25, -0.2) is 4.98 Å². The lowest BCUT2D eigenvalue weighted by Crippen LogP contribution is -2.20. The van der Waals surface area contributed by atoms with Gasteiger partial charge < -0.3 is 15.3 Å². The topological polar surface area (TPSA) is 89.4 Å². The highest BCUT2D eigenvalue weighted by Crippen LogP contribution is 2.19. The maximum Gasteiger partial charge on any atom is 0.250 e. The van der Waals surface area contributed by atoms with E-state index >= 15 is 0 Å². The molecule has 1 aromatic carbocycles. The van der Waals surface area contributed by atoms with E-state index in [0.29, 0.717) is 16.7 Å². The number of hydrogen-bond donors (Lipinski definition) is 2. The van der Waals surface area contributed by atoms with Crippen LogP contribution in [0, 0.1) is 0 Å². The van der Waals surface area contributed by atoms with Crippen molar-refractivity contribution in [2.24, 2.45) is 5.73 Å². The summed E-state index contributed by atoms with van der Waals surface area (Å²) in [5.41, 5.74) is 6.54. The second kappa shape index (κ2) is 3.12. The van der Waals surface area contributed by atoms with Crippen LogP contribution >= 0.6 is 0 Å². The lowest BCUT2D eigenvalue weighted by molar-refractivity contribution is -0.126. The van der Waals surface area contributed by atoms with Crippen LogP contribution in [0.15, 0.2) is 29.0 Å². The first-order chi connectivity index (χ1) is 6.68. The van der Waals surface area contributed by atoms with E-state index in [1.54, 1.807) is 12.1 Å². The van der Waals surface area contributed by atoms with Crippen LogP contribution in [0.3, 0.4) is 0 Å². The van der Waals surface area contributed by atoms with Gasteiger partial charge in [0.15, 0.2) is 18.1 Å². The molecule has 0 aliphatic heterocycles. The number of rotatable bonds is 2. The van der Waals surface area contributed by atoms with Crippen LogP contribution in [-0.4, -0.2) is 16.0 Å².